The predicted molar refractivity (Wildman–Crippen MR) is 97.6 cm³/mol. The fraction of sp³-hybridized carbons (Fsp3) is 0.455. The maximum Gasteiger partial charge on any atom is -0.0121 e. The third-order valence-electron chi connectivity index (χ3n) is 4.48. The van der Waals surface area contributed by atoms with Gasteiger partial charge in [0, 0.05) is 0 Å². The first-order valence-corrected chi connectivity index (χ1v) is 8.65. The Hall–Kier alpha value is -1.56. The van der Waals surface area contributed by atoms with Gasteiger partial charge in [-0.1, -0.05) is 95.1 Å². The molecule has 0 heteroatoms. The molecule has 0 aliphatic carbocycles. The van der Waals surface area contributed by atoms with Gasteiger partial charge in [0.25, 0.3) is 0 Å². The zero-order chi connectivity index (χ0) is 16.0. The number of unbranched alkanes of at least 4 members (excludes halogenated alkanes) is 1. The van der Waals surface area contributed by atoms with Crippen molar-refractivity contribution in [1.82, 2.24) is 0 Å². The van der Waals surface area contributed by atoms with Gasteiger partial charge in [-0.05, 0) is 40.9 Å². The summed E-state index contributed by atoms with van der Waals surface area (Å²) in [5.74, 6) is 0.640. The van der Waals surface area contributed by atoms with Crippen LogP contribution >= 0.6 is 0 Å². The van der Waals surface area contributed by atoms with E-state index in [9.17, 15) is 0 Å². The Morgan fingerprint density at radius 1 is 0.864 bits per heavy atom. The van der Waals surface area contributed by atoms with Gasteiger partial charge in [0.2, 0.25) is 0 Å². The van der Waals surface area contributed by atoms with Crippen LogP contribution in [0.2, 0.25) is 0 Å². The smallest absolute Gasteiger partial charge is 0.0121 e. The average molecular weight is 294 g/mol. The molecule has 0 N–H and O–H groups in total. The first-order valence-electron chi connectivity index (χ1n) is 8.65. The standard InChI is InChI=1S/C22H30/c1-5-6-10-20(19-11-8-7-9-12-19)17-18-13-15-21(16-14-18)22(2,3)4/h7-9,11-16,20H,5-6,10,17H2,1-4H3. The number of benzene rings is 2. The highest BCUT2D eigenvalue weighted by Crippen LogP contribution is 2.28. The van der Waals surface area contributed by atoms with Crippen LogP contribution in [0.3, 0.4) is 0 Å². The summed E-state index contributed by atoms with van der Waals surface area (Å²) in [5.41, 5.74) is 4.59. The van der Waals surface area contributed by atoms with E-state index in [1.807, 2.05) is 0 Å². The summed E-state index contributed by atoms with van der Waals surface area (Å²) in [4.78, 5) is 0. The monoisotopic (exact) mass is 294 g/mol. The molecule has 0 aromatic heterocycles. The Morgan fingerprint density at radius 2 is 1.50 bits per heavy atom. The highest BCUT2D eigenvalue weighted by atomic mass is 14.2. The second-order valence-electron chi connectivity index (χ2n) is 7.40. The van der Waals surface area contributed by atoms with Crippen molar-refractivity contribution >= 4 is 0 Å². The van der Waals surface area contributed by atoms with Gasteiger partial charge < -0.3 is 0 Å². The summed E-state index contributed by atoms with van der Waals surface area (Å²) < 4.78 is 0. The van der Waals surface area contributed by atoms with Crippen molar-refractivity contribution in [3.05, 3.63) is 71.3 Å². The molecule has 0 aliphatic heterocycles. The van der Waals surface area contributed by atoms with Crippen molar-refractivity contribution in [1.29, 1.82) is 0 Å². The number of hydrogen-bond donors (Lipinski definition) is 0. The summed E-state index contributed by atoms with van der Waals surface area (Å²) in [7, 11) is 0. The molecule has 22 heavy (non-hydrogen) atoms. The van der Waals surface area contributed by atoms with E-state index in [4.69, 9.17) is 0 Å². The van der Waals surface area contributed by atoms with Crippen LogP contribution in [0.25, 0.3) is 0 Å². The lowest BCUT2D eigenvalue weighted by Gasteiger charge is -2.21. The lowest BCUT2D eigenvalue weighted by atomic mass is 9.84. The molecule has 0 heterocycles. The van der Waals surface area contributed by atoms with Gasteiger partial charge in [-0.3, -0.25) is 0 Å². The molecule has 0 bridgehead atoms. The lowest BCUT2D eigenvalue weighted by molar-refractivity contribution is 0.578. The third-order valence-corrected chi connectivity index (χ3v) is 4.48. The highest BCUT2D eigenvalue weighted by Gasteiger charge is 2.15. The summed E-state index contributed by atoms with van der Waals surface area (Å²) in [6.45, 7) is 9.10. The SMILES string of the molecule is CCCCC(Cc1ccc(C(C)(C)C)cc1)c1ccccc1. The molecule has 0 spiro atoms. The van der Waals surface area contributed by atoms with E-state index in [1.165, 1.54) is 36.0 Å². The topological polar surface area (TPSA) is 0 Å². The molecular formula is C22H30. The quantitative estimate of drug-likeness (QED) is 0.570. The van der Waals surface area contributed by atoms with Crippen molar-refractivity contribution in [2.45, 2.75) is 64.7 Å². The van der Waals surface area contributed by atoms with E-state index in [2.05, 4.69) is 82.3 Å². The molecule has 0 aliphatic rings. The van der Waals surface area contributed by atoms with Crippen molar-refractivity contribution < 1.29 is 0 Å². The van der Waals surface area contributed by atoms with Crippen LogP contribution in [0.1, 0.15) is 69.6 Å². The second kappa shape index (κ2) is 7.63. The third kappa shape index (κ3) is 4.73. The number of rotatable bonds is 6. The molecule has 1 atom stereocenters. The first kappa shape index (κ1) is 16.8. The largest absolute Gasteiger partial charge is 0.0654 e. The molecule has 1 unspecified atom stereocenters. The molecule has 118 valence electrons. The van der Waals surface area contributed by atoms with E-state index in [0.717, 1.165) is 6.42 Å². The van der Waals surface area contributed by atoms with Gasteiger partial charge in [0.15, 0.2) is 0 Å². The van der Waals surface area contributed by atoms with Crippen LogP contribution < -0.4 is 0 Å². The maximum absolute atomic E-state index is 2.32. The summed E-state index contributed by atoms with van der Waals surface area (Å²) in [6, 6.07) is 20.2. The zero-order valence-corrected chi connectivity index (χ0v) is 14.6. The van der Waals surface area contributed by atoms with Gasteiger partial charge in [0.1, 0.15) is 0 Å². The molecule has 0 nitrogen and oxygen atoms in total. The van der Waals surface area contributed by atoms with E-state index >= 15 is 0 Å². The van der Waals surface area contributed by atoms with Crippen LogP contribution in [0.5, 0.6) is 0 Å². The molecule has 0 fully saturated rings. The maximum atomic E-state index is 2.32. The highest BCUT2D eigenvalue weighted by molar-refractivity contribution is 5.30. The van der Waals surface area contributed by atoms with Gasteiger partial charge >= 0.3 is 0 Å². The zero-order valence-electron chi connectivity index (χ0n) is 14.6. The molecule has 0 saturated heterocycles. The average Bonchev–Trinajstić information content (AvgIpc) is 2.52. The van der Waals surface area contributed by atoms with Crippen molar-refractivity contribution in [3.63, 3.8) is 0 Å². The van der Waals surface area contributed by atoms with Gasteiger partial charge in [-0.15, -0.1) is 0 Å². The van der Waals surface area contributed by atoms with Crippen molar-refractivity contribution in [2.24, 2.45) is 0 Å². The number of hydrogen-bond acceptors (Lipinski definition) is 0. The Morgan fingerprint density at radius 3 is 2.05 bits per heavy atom. The van der Waals surface area contributed by atoms with Crippen LogP contribution in [-0.2, 0) is 11.8 Å². The lowest BCUT2D eigenvalue weighted by Crippen LogP contribution is -2.11. The minimum atomic E-state index is 0.236. The molecule has 2 aromatic carbocycles. The molecule has 0 saturated carbocycles. The van der Waals surface area contributed by atoms with Crippen molar-refractivity contribution in [3.8, 4) is 0 Å². The fourth-order valence-corrected chi connectivity index (χ4v) is 2.99. The van der Waals surface area contributed by atoms with Crippen LogP contribution in [0.15, 0.2) is 54.6 Å². The minimum Gasteiger partial charge on any atom is -0.0654 e. The molecule has 0 amide bonds. The normalized spacial score (nSPS) is 13.1. The minimum absolute atomic E-state index is 0.236. The van der Waals surface area contributed by atoms with E-state index in [0.29, 0.717) is 5.92 Å². The molecule has 2 aromatic rings. The summed E-state index contributed by atoms with van der Waals surface area (Å²) >= 11 is 0. The van der Waals surface area contributed by atoms with Gasteiger partial charge in [-0.2, -0.15) is 0 Å². The fourth-order valence-electron chi connectivity index (χ4n) is 2.99. The van der Waals surface area contributed by atoms with Gasteiger partial charge in [0.05, 0.1) is 0 Å². The van der Waals surface area contributed by atoms with E-state index in [1.54, 1.807) is 0 Å². The van der Waals surface area contributed by atoms with E-state index < -0.39 is 0 Å². The van der Waals surface area contributed by atoms with E-state index in [-0.39, 0.29) is 5.41 Å². The van der Waals surface area contributed by atoms with Crippen LogP contribution in [-0.4, -0.2) is 0 Å². The predicted octanol–water partition coefficient (Wildman–Crippen LogP) is 6.50. The first-order chi connectivity index (χ1) is 10.5. The van der Waals surface area contributed by atoms with Gasteiger partial charge in [-0.25, -0.2) is 0 Å². The Labute approximate surface area is 136 Å². The second-order valence-corrected chi connectivity index (χ2v) is 7.40. The molecule has 2 rings (SSSR count). The molecule has 0 radical (unpaired) electrons. The van der Waals surface area contributed by atoms with Crippen LogP contribution in [0, 0.1) is 0 Å². The van der Waals surface area contributed by atoms with Crippen molar-refractivity contribution in [2.75, 3.05) is 0 Å². The van der Waals surface area contributed by atoms with Crippen LogP contribution in [0.4, 0.5) is 0 Å². The Bertz CT molecular complexity index is 543. The summed E-state index contributed by atoms with van der Waals surface area (Å²) in [5, 5.41) is 0. The molecular weight excluding hydrogens is 264 g/mol. The Kier molecular flexibility index (Phi) is 5.83. The summed E-state index contributed by atoms with van der Waals surface area (Å²) in [6.07, 6.45) is 5.00. The Balaban J connectivity index is 2.13.